The molecule has 0 spiro atoms. The topological polar surface area (TPSA) is 26.3 Å². The van der Waals surface area contributed by atoms with Crippen molar-refractivity contribution in [3.63, 3.8) is 0 Å². The van der Waals surface area contributed by atoms with Gasteiger partial charge in [0.05, 0.1) is 5.56 Å². The lowest BCUT2D eigenvalue weighted by atomic mass is 9.77. The van der Waals surface area contributed by atoms with Crippen LogP contribution in [-0.4, -0.2) is 5.97 Å². The Hall–Kier alpha value is -2.09. The number of aryl methyl sites for hydroxylation is 1. The predicted molar refractivity (Wildman–Crippen MR) is 125 cm³/mol. The normalized spacial score (nSPS) is 18.9. The van der Waals surface area contributed by atoms with Crippen molar-refractivity contribution in [2.45, 2.75) is 90.4 Å². The maximum Gasteiger partial charge on any atom is 0.343 e. The summed E-state index contributed by atoms with van der Waals surface area (Å²) in [6.07, 6.45) is 14.1. The molecular weight excluding hydrogens is 368 g/mol. The Bertz CT molecular complexity index is 752. The Balaban J connectivity index is 1.49. The second kappa shape index (κ2) is 11.9. The van der Waals surface area contributed by atoms with E-state index >= 15 is 0 Å². The van der Waals surface area contributed by atoms with E-state index in [2.05, 4.69) is 26.0 Å². The Morgan fingerprint density at radius 2 is 1.50 bits per heavy atom. The van der Waals surface area contributed by atoms with Crippen LogP contribution in [0.4, 0.5) is 0 Å². The Morgan fingerprint density at radius 1 is 0.833 bits per heavy atom. The van der Waals surface area contributed by atoms with E-state index in [-0.39, 0.29) is 5.97 Å². The summed E-state index contributed by atoms with van der Waals surface area (Å²) >= 11 is 0. The average Bonchev–Trinajstić information content (AvgIpc) is 2.79. The summed E-state index contributed by atoms with van der Waals surface area (Å²) in [6, 6.07) is 16.1. The molecule has 0 saturated heterocycles. The fourth-order valence-electron chi connectivity index (χ4n) is 4.64. The standard InChI is InChI=1S/C28H38O2/c1-3-5-7-9-23-12-16-26(17-13-23)28(29)30-27-20-18-25(19-21-27)24-14-10-22(11-15-24)8-6-4-2/h12-13,16-22,24H,3-11,14-15H2,1-2H3. The minimum atomic E-state index is -0.278. The van der Waals surface area contributed by atoms with E-state index in [1.807, 2.05) is 36.4 Å². The molecule has 1 fully saturated rings. The number of ether oxygens (including phenoxy) is 1. The number of esters is 1. The highest BCUT2D eigenvalue weighted by atomic mass is 16.5. The Labute approximate surface area is 183 Å². The van der Waals surface area contributed by atoms with Crippen LogP contribution in [0.5, 0.6) is 5.75 Å². The molecule has 2 nitrogen and oxygen atoms in total. The highest BCUT2D eigenvalue weighted by Gasteiger charge is 2.22. The molecule has 0 bridgehead atoms. The summed E-state index contributed by atoms with van der Waals surface area (Å²) < 4.78 is 5.60. The lowest BCUT2D eigenvalue weighted by Crippen LogP contribution is -2.13. The van der Waals surface area contributed by atoms with Gasteiger partial charge in [0.15, 0.2) is 0 Å². The zero-order chi connectivity index (χ0) is 21.2. The third kappa shape index (κ3) is 6.72. The van der Waals surface area contributed by atoms with E-state index in [0.29, 0.717) is 17.2 Å². The SMILES string of the molecule is CCCCCc1ccc(C(=O)Oc2ccc(C3CCC(CCCC)CC3)cc2)cc1. The highest BCUT2D eigenvalue weighted by molar-refractivity contribution is 5.91. The molecule has 3 rings (SSSR count). The predicted octanol–water partition coefficient (Wildman–Crippen LogP) is 8.10. The first-order chi connectivity index (χ1) is 14.7. The molecule has 1 aliphatic rings. The van der Waals surface area contributed by atoms with E-state index in [1.165, 1.54) is 75.3 Å². The molecule has 0 N–H and O–H groups in total. The Kier molecular flexibility index (Phi) is 8.99. The number of carbonyl (C=O) groups excluding carboxylic acids is 1. The summed E-state index contributed by atoms with van der Waals surface area (Å²) in [5, 5.41) is 0. The van der Waals surface area contributed by atoms with E-state index in [9.17, 15) is 4.79 Å². The van der Waals surface area contributed by atoms with E-state index in [4.69, 9.17) is 4.74 Å². The van der Waals surface area contributed by atoms with Crippen molar-refractivity contribution >= 4 is 5.97 Å². The molecule has 0 amide bonds. The smallest absolute Gasteiger partial charge is 0.343 e. The van der Waals surface area contributed by atoms with Crippen LogP contribution in [-0.2, 0) is 6.42 Å². The molecule has 1 saturated carbocycles. The molecule has 1 aliphatic carbocycles. The van der Waals surface area contributed by atoms with Gasteiger partial charge in [0.25, 0.3) is 0 Å². The number of hydrogen-bond acceptors (Lipinski definition) is 2. The van der Waals surface area contributed by atoms with Gasteiger partial charge in [-0.3, -0.25) is 0 Å². The van der Waals surface area contributed by atoms with Gasteiger partial charge < -0.3 is 4.74 Å². The first-order valence-electron chi connectivity index (χ1n) is 12.1. The molecular formula is C28H38O2. The molecule has 2 heteroatoms. The molecule has 0 aliphatic heterocycles. The molecule has 2 aromatic carbocycles. The summed E-state index contributed by atoms with van der Waals surface area (Å²) in [5.74, 6) is 1.94. The van der Waals surface area contributed by atoms with Gasteiger partial charge in [0.2, 0.25) is 0 Å². The van der Waals surface area contributed by atoms with Crippen LogP contribution >= 0.6 is 0 Å². The number of unbranched alkanes of at least 4 members (excludes halogenated alkanes) is 3. The van der Waals surface area contributed by atoms with E-state index in [1.54, 1.807) is 0 Å². The number of benzene rings is 2. The first-order valence-corrected chi connectivity index (χ1v) is 12.1. The van der Waals surface area contributed by atoms with Gasteiger partial charge in [-0.2, -0.15) is 0 Å². The molecule has 162 valence electrons. The summed E-state index contributed by atoms with van der Waals surface area (Å²) in [5.41, 5.74) is 3.29. The van der Waals surface area contributed by atoms with Crippen LogP contribution in [0.3, 0.4) is 0 Å². The minimum Gasteiger partial charge on any atom is -0.423 e. The van der Waals surface area contributed by atoms with Gasteiger partial charge in [-0.1, -0.05) is 70.2 Å². The summed E-state index contributed by atoms with van der Waals surface area (Å²) in [4.78, 5) is 12.5. The molecule has 0 aromatic heterocycles. The maximum atomic E-state index is 12.5. The highest BCUT2D eigenvalue weighted by Crippen LogP contribution is 2.38. The van der Waals surface area contributed by atoms with Crippen molar-refractivity contribution in [1.29, 1.82) is 0 Å². The van der Waals surface area contributed by atoms with Crippen molar-refractivity contribution in [2.24, 2.45) is 5.92 Å². The lowest BCUT2D eigenvalue weighted by Gasteiger charge is -2.28. The van der Waals surface area contributed by atoms with E-state index in [0.717, 1.165) is 12.3 Å². The second-order valence-corrected chi connectivity index (χ2v) is 8.97. The monoisotopic (exact) mass is 406 g/mol. The summed E-state index contributed by atoms with van der Waals surface area (Å²) in [6.45, 7) is 4.49. The van der Waals surface area contributed by atoms with Gasteiger partial charge in [-0.25, -0.2) is 4.79 Å². The van der Waals surface area contributed by atoms with Crippen molar-refractivity contribution < 1.29 is 9.53 Å². The van der Waals surface area contributed by atoms with Gasteiger partial charge in [0.1, 0.15) is 5.75 Å². The average molecular weight is 407 g/mol. The van der Waals surface area contributed by atoms with Crippen molar-refractivity contribution in [3.05, 3.63) is 65.2 Å². The van der Waals surface area contributed by atoms with Gasteiger partial charge in [0, 0.05) is 0 Å². The molecule has 0 unspecified atom stereocenters. The summed E-state index contributed by atoms with van der Waals surface area (Å²) in [7, 11) is 0. The molecule has 0 atom stereocenters. The van der Waals surface area contributed by atoms with Crippen molar-refractivity contribution in [2.75, 3.05) is 0 Å². The molecule has 2 aromatic rings. The first kappa shape index (κ1) is 22.6. The minimum absolute atomic E-state index is 0.278. The van der Waals surface area contributed by atoms with Gasteiger partial charge in [-0.05, 0) is 85.8 Å². The lowest BCUT2D eigenvalue weighted by molar-refractivity contribution is 0.0734. The molecule has 30 heavy (non-hydrogen) atoms. The number of hydrogen-bond donors (Lipinski definition) is 0. The fraction of sp³-hybridized carbons (Fsp3) is 0.536. The van der Waals surface area contributed by atoms with Gasteiger partial charge in [-0.15, -0.1) is 0 Å². The Morgan fingerprint density at radius 3 is 2.13 bits per heavy atom. The van der Waals surface area contributed by atoms with Crippen LogP contribution in [0.25, 0.3) is 0 Å². The van der Waals surface area contributed by atoms with Crippen LogP contribution < -0.4 is 4.74 Å². The van der Waals surface area contributed by atoms with Crippen molar-refractivity contribution in [1.82, 2.24) is 0 Å². The third-order valence-corrected chi connectivity index (χ3v) is 6.63. The van der Waals surface area contributed by atoms with Crippen LogP contribution in [0.15, 0.2) is 48.5 Å². The molecule has 0 radical (unpaired) electrons. The van der Waals surface area contributed by atoms with E-state index < -0.39 is 0 Å². The van der Waals surface area contributed by atoms with Crippen LogP contribution in [0.2, 0.25) is 0 Å². The second-order valence-electron chi connectivity index (χ2n) is 8.97. The van der Waals surface area contributed by atoms with Crippen LogP contribution in [0, 0.1) is 5.92 Å². The van der Waals surface area contributed by atoms with Gasteiger partial charge >= 0.3 is 5.97 Å². The zero-order valence-electron chi connectivity index (χ0n) is 18.9. The largest absolute Gasteiger partial charge is 0.423 e. The number of carbonyl (C=O) groups is 1. The van der Waals surface area contributed by atoms with Crippen molar-refractivity contribution in [3.8, 4) is 5.75 Å². The number of rotatable bonds is 10. The fourth-order valence-corrected chi connectivity index (χ4v) is 4.64. The zero-order valence-corrected chi connectivity index (χ0v) is 18.9. The quantitative estimate of drug-likeness (QED) is 0.226. The third-order valence-electron chi connectivity index (χ3n) is 6.63. The molecule has 0 heterocycles. The maximum absolute atomic E-state index is 12.5. The van der Waals surface area contributed by atoms with Crippen LogP contribution in [0.1, 0.15) is 105 Å².